The van der Waals surface area contributed by atoms with Gasteiger partial charge in [0.25, 0.3) is 0 Å². The van der Waals surface area contributed by atoms with Crippen LogP contribution in [-0.4, -0.2) is 84.0 Å². The van der Waals surface area contributed by atoms with Crippen LogP contribution >= 0.6 is 0 Å². The van der Waals surface area contributed by atoms with Crippen molar-refractivity contribution in [3.05, 3.63) is 83.1 Å². The van der Waals surface area contributed by atoms with Crippen LogP contribution in [0.4, 0.5) is 11.4 Å². The van der Waals surface area contributed by atoms with Crippen LogP contribution in [0.1, 0.15) is 25.7 Å². The van der Waals surface area contributed by atoms with Gasteiger partial charge in [-0.3, -0.25) is 0 Å². The van der Waals surface area contributed by atoms with Gasteiger partial charge in [-0.15, -0.1) is 0 Å². The van der Waals surface area contributed by atoms with Gasteiger partial charge in [-0.2, -0.15) is 0 Å². The molecule has 0 saturated heterocycles. The fraction of sp³-hybridized carbons (Fsp3) is 0.448. The molecule has 0 aromatic heterocycles. The van der Waals surface area contributed by atoms with Gasteiger partial charge in [0.2, 0.25) is 0 Å². The Morgan fingerprint density at radius 1 is 0.846 bits per heavy atom. The first-order valence-electron chi connectivity index (χ1n) is 13.6. The second kappa shape index (κ2) is 15.8. The summed E-state index contributed by atoms with van der Waals surface area (Å²) in [5, 5.41) is 44.3. The molecule has 1 aromatic rings. The SMILES string of the molecule is NC1=CC(N)=C(NC2=CC=C(N(CCO)CCO)C=CC2)CCCC1Nc1ccc(N(CCO)CCO)cc1. The predicted molar refractivity (Wildman–Crippen MR) is 156 cm³/mol. The van der Waals surface area contributed by atoms with Crippen molar-refractivity contribution in [2.45, 2.75) is 31.7 Å². The number of rotatable bonds is 14. The normalized spacial score (nSPS) is 17.8. The first-order valence-corrected chi connectivity index (χ1v) is 13.6. The number of anilines is 2. The molecule has 3 rings (SSSR count). The standard InChI is InChI=1S/C29H44N6O4/c30-26-21-27(31)29(33-23-8-11-25(12-9-23)35(15-19-38)16-20-39)6-2-5-28(26)32-22-3-1-4-24(10-7-22)34(13-17-36)14-18-37/h1,4,7-12,21,29,32-33,36-39H,2-3,5-6,13-20,30-31H2. The second-order valence-electron chi connectivity index (χ2n) is 9.60. The molecule has 0 radical (unpaired) electrons. The van der Waals surface area contributed by atoms with Gasteiger partial charge >= 0.3 is 0 Å². The first-order chi connectivity index (χ1) is 19.0. The summed E-state index contributed by atoms with van der Waals surface area (Å²) < 4.78 is 0. The van der Waals surface area contributed by atoms with E-state index in [0.29, 0.717) is 44.0 Å². The zero-order valence-electron chi connectivity index (χ0n) is 22.6. The zero-order valence-corrected chi connectivity index (χ0v) is 22.6. The number of aliphatic hydroxyl groups excluding tert-OH is 4. The molecule has 0 heterocycles. The lowest BCUT2D eigenvalue weighted by atomic mass is 9.99. The highest BCUT2D eigenvalue weighted by Crippen LogP contribution is 2.24. The maximum Gasteiger partial charge on any atom is 0.0658 e. The van der Waals surface area contributed by atoms with Gasteiger partial charge in [-0.25, -0.2) is 0 Å². The maximum absolute atomic E-state index is 9.34. The Morgan fingerprint density at radius 3 is 2.13 bits per heavy atom. The van der Waals surface area contributed by atoms with Crippen LogP contribution in [0, 0.1) is 0 Å². The van der Waals surface area contributed by atoms with Crippen LogP contribution in [0.2, 0.25) is 0 Å². The van der Waals surface area contributed by atoms with Gasteiger partial charge in [0.15, 0.2) is 0 Å². The summed E-state index contributed by atoms with van der Waals surface area (Å²) >= 11 is 0. The fourth-order valence-electron chi connectivity index (χ4n) is 4.76. The summed E-state index contributed by atoms with van der Waals surface area (Å²) in [5.41, 5.74) is 19.0. The Balaban J connectivity index is 1.68. The average molecular weight is 541 g/mol. The molecule has 214 valence electrons. The minimum atomic E-state index is -0.0588. The Kier molecular flexibility index (Phi) is 12.2. The number of hydrogen-bond acceptors (Lipinski definition) is 10. The third kappa shape index (κ3) is 9.07. The van der Waals surface area contributed by atoms with Crippen LogP contribution in [0.15, 0.2) is 83.1 Å². The molecule has 1 unspecified atom stereocenters. The Hall–Kier alpha value is -3.44. The molecule has 39 heavy (non-hydrogen) atoms. The molecule has 0 spiro atoms. The Labute approximate surface area is 231 Å². The van der Waals surface area contributed by atoms with Crippen LogP contribution in [0.5, 0.6) is 0 Å². The van der Waals surface area contributed by atoms with Gasteiger partial charge in [0.1, 0.15) is 0 Å². The van der Waals surface area contributed by atoms with Crippen molar-refractivity contribution in [2.24, 2.45) is 11.5 Å². The van der Waals surface area contributed by atoms with E-state index in [1.54, 1.807) is 0 Å². The van der Waals surface area contributed by atoms with Gasteiger partial charge in [0, 0.05) is 66.8 Å². The molecule has 1 atom stereocenters. The zero-order chi connectivity index (χ0) is 28.0. The molecule has 0 amide bonds. The van der Waals surface area contributed by atoms with Crippen molar-refractivity contribution in [3.63, 3.8) is 0 Å². The van der Waals surface area contributed by atoms with E-state index in [4.69, 9.17) is 11.5 Å². The van der Waals surface area contributed by atoms with Crippen molar-refractivity contribution in [2.75, 3.05) is 62.8 Å². The third-order valence-corrected chi connectivity index (χ3v) is 6.80. The summed E-state index contributed by atoms with van der Waals surface area (Å²) in [6, 6.07) is 7.83. The average Bonchev–Trinajstić information content (AvgIpc) is 3.17. The maximum atomic E-state index is 9.34. The summed E-state index contributed by atoms with van der Waals surface area (Å²) in [6.45, 7) is 1.93. The number of hydrogen-bond donors (Lipinski definition) is 8. The highest BCUT2D eigenvalue weighted by Gasteiger charge is 2.18. The molecule has 2 aliphatic rings. The minimum Gasteiger partial charge on any atom is -0.400 e. The molecule has 0 fully saturated rings. The molecule has 10 heteroatoms. The van der Waals surface area contributed by atoms with Crippen molar-refractivity contribution in [1.82, 2.24) is 10.2 Å². The quantitative estimate of drug-likeness (QED) is 0.171. The molecule has 2 aliphatic carbocycles. The van der Waals surface area contributed by atoms with Crippen LogP contribution in [-0.2, 0) is 0 Å². The van der Waals surface area contributed by atoms with E-state index in [9.17, 15) is 20.4 Å². The Morgan fingerprint density at radius 2 is 1.49 bits per heavy atom. The predicted octanol–water partition coefficient (Wildman–Crippen LogP) is 1.06. The number of nitrogens with one attached hydrogen (secondary N) is 2. The van der Waals surface area contributed by atoms with Crippen LogP contribution < -0.4 is 27.0 Å². The molecule has 1 aromatic carbocycles. The number of nitrogens with two attached hydrogens (primary N) is 2. The summed E-state index contributed by atoms with van der Waals surface area (Å²) in [4.78, 5) is 3.88. The molecule has 10 nitrogen and oxygen atoms in total. The van der Waals surface area contributed by atoms with E-state index in [0.717, 1.165) is 47.7 Å². The number of nitrogens with zero attached hydrogens (tertiary/aromatic N) is 2. The molecule has 0 saturated carbocycles. The highest BCUT2D eigenvalue weighted by molar-refractivity contribution is 5.56. The first kappa shape index (κ1) is 30.1. The number of allylic oxidation sites excluding steroid dienone is 6. The van der Waals surface area contributed by atoms with E-state index < -0.39 is 0 Å². The van der Waals surface area contributed by atoms with E-state index in [1.165, 1.54) is 0 Å². The third-order valence-electron chi connectivity index (χ3n) is 6.80. The van der Waals surface area contributed by atoms with Crippen LogP contribution in [0.3, 0.4) is 0 Å². The van der Waals surface area contributed by atoms with E-state index in [2.05, 4.69) is 16.7 Å². The summed E-state index contributed by atoms with van der Waals surface area (Å²) in [7, 11) is 0. The summed E-state index contributed by atoms with van der Waals surface area (Å²) in [5.74, 6) is 0. The van der Waals surface area contributed by atoms with Gasteiger partial charge < -0.3 is 52.3 Å². The topological polar surface area (TPSA) is 163 Å². The lowest BCUT2D eigenvalue weighted by Gasteiger charge is -2.26. The van der Waals surface area contributed by atoms with Crippen molar-refractivity contribution < 1.29 is 20.4 Å². The Bertz CT molecular complexity index is 1050. The van der Waals surface area contributed by atoms with E-state index in [-0.39, 0.29) is 32.5 Å². The highest BCUT2D eigenvalue weighted by atomic mass is 16.3. The number of benzene rings is 1. The molecule has 0 bridgehead atoms. The fourth-order valence-corrected chi connectivity index (χ4v) is 4.76. The molecule has 10 N–H and O–H groups in total. The monoisotopic (exact) mass is 540 g/mol. The van der Waals surface area contributed by atoms with Gasteiger partial charge in [-0.05, 0) is 67.8 Å². The number of aliphatic hydroxyl groups is 4. The minimum absolute atomic E-state index is 0.0200. The van der Waals surface area contributed by atoms with E-state index >= 15 is 0 Å². The van der Waals surface area contributed by atoms with Crippen molar-refractivity contribution >= 4 is 11.4 Å². The van der Waals surface area contributed by atoms with Crippen LogP contribution in [0.25, 0.3) is 0 Å². The van der Waals surface area contributed by atoms with E-state index in [1.807, 2.05) is 58.4 Å². The smallest absolute Gasteiger partial charge is 0.0658 e. The van der Waals surface area contributed by atoms with Crippen molar-refractivity contribution in [1.29, 1.82) is 0 Å². The van der Waals surface area contributed by atoms with Crippen molar-refractivity contribution in [3.8, 4) is 0 Å². The largest absolute Gasteiger partial charge is 0.400 e. The summed E-state index contributed by atoms with van der Waals surface area (Å²) in [6.07, 6.45) is 13.1. The molecule has 0 aliphatic heterocycles. The molecular weight excluding hydrogens is 496 g/mol. The van der Waals surface area contributed by atoms with Gasteiger partial charge in [0.05, 0.1) is 38.2 Å². The second-order valence-corrected chi connectivity index (χ2v) is 9.60. The molecular formula is C29H44N6O4. The van der Waals surface area contributed by atoms with Gasteiger partial charge in [-0.1, -0.05) is 6.08 Å². The lowest BCUT2D eigenvalue weighted by molar-refractivity contribution is 0.192. The lowest BCUT2D eigenvalue weighted by Crippen LogP contribution is -2.30.